The monoisotopic (exact) mass is 1260 g/mol. The van der Waals surface area contributed by atoms with Crippen LogP contribution in [0.2, 0.25) is 0 Å². The van der Waals surface area contributed by atoms with Gasteiger partial charge in [0.15, 0.2) is 0 Å². The van der Waals surface area contributed by atoms with E-state index in [9.17, 15) is 85.8 Å². The summed E-state index contributed by atoms with van der Waals surface area (Å²) in [6.45, 7) is 11.0. The van der Waals surface area contributed by atoms with Gasteiger partial charge < -0.3 is 36.0 Å². The van der Waals surface area contributed by atoms with Crippen molar-refractivity contribution in [2.75, 3.05) is 13.1 Å². The van der Waals surface area contributed by atoms with E-state index in [4.69, 9.17) is 0 Å². The first kappa shape index (κ1) is 72.3. The van der Waals surface area contributed by atoms with Gasteiger partial charge in [-0.25, -0.2) is 18.1 Å². The highest BCUT2D eigenvalue weighted by molar-refractivity contribution is 7.89. The van der Waals surface area contributed by atoms with Crippen LogP contribution in [0, 0.1) is 17.8 Å². The molecular formula is C62H75F3N6O15S2. The molecule has 6 aromatic rings. The quantitative estimate of drug-likeness (QED) is 0.0193. The van der Waals surface area contributed by atoms with Gasteiger partial charge in [-0.05, 0) is 108 Å². The van der Waals surface area contributed by atoms with Gasteiger partial charge in [0.25, 0.3) is 5.91 Å². The number of nitrogens with one attached hydrogen (secondary N) is 5. The normalized spacial score (nSPS) is 13.6. The van der Waals surface area contributed by atoms with Crippen molar-refractivity contribution in [1.29, 1.82) is 0 Å². The van der Waals surface area contributed by atoms with Crippen LogP contribution in [-0.4, -0.2) is 135 Å². The molecule has 0 radical (unpaired) electrons. The van der Waals surface area contributed by atoms with Crippen molar-refractivity contribution in [3.05, 3.63) is 144 Å². The maximum atomic E-state index is 12.9. The molecule has 0 aliphatic rings. The minimum Gasteiger partial charge on any atom is -0.480 e. The number of nitrogens with zero attached hydrogens (tertiary/aromatic N) is 1. The lowest BCUT2D eigenvalue weighted by molar-refractivity contribution is -0.144. The van der Waals surface area contributed by atoms with Crippen molar-refractivity contribution in [2.24, 2.45) is 17.8 Å². The van der Waals surface area contributed by atoms with Crippen LogP contribution in [-0.2, 0) is 51.4 Å². The zero-order chi connectivity index (χ0) is 65.5. The third-order valence-corrected chi connectivity index (χ3v) is 15.7. The summed E-state index contributed by atoms with van der Waals surface area (Å²) < 4.78 is 66.1. The summed E-state index contributed by atoms with van der Waals surface area (Å²) in [6, 6.07) is 27.2. The number of thiazole rings is 1. The molecule has 1 amide bonds. The van der Waals surface area contributed by atoms with Crippen LogP contribution in [0.1, 0.15) is 95.3 Å². The average Bonchev–Trinajstić information content (AvgIpc) is 4.14. The maximum absolute atomic E-state index is 12.9. The molecule has 0 unspecified atom stereocenters. The summed E-state index contributed by atoms with van der Waals surface area (Å²) in [4.78, 5) is 85.3. The number of carbonyl (C=O) groups excluding carboxylic acids is 1. The molecule has 0 aliphatic heterocycles. The summed E-state index contributed by atoms with van der Waals surface area (Å²) in [5, 5.41) is 70.5. The van der Waals surface area contributed by atoms with E-state index >= 15 is 0 Å². The zero-order valence-electron chi connectivity index (χ0n) is 49.2. The first-order valence-electron chi connectivity index (χ1n) is 28.0. The second-order valence-electron chi connectivity index (χ2n) is 21.8. The third-order valence-electron chi connectivity index (χ3n) is 13.2. The second-order valence-corrected chi connectivity index (χ2v) is 24.5. The molecule has 6 atom stereocenters. The van der Waals surface area contributed by atoms with E-state index in [2.05, 4.69) is 31.0 Å². The highest BCUT2D eigenvalue weighted by Gasteiger charge is 2.32. The molecular weight excluding hydrogens is 1190 g/mol. The molecule has 11 N–H and O–H groups in total. The molecule has 26 heteroatoms. The fourth-order valence-corrected chi connectivity index (χ4v) is 10.7. The van der Waals surface area contributed by atoms with Crippen LogP contribution >= 0.6 is 11.3 Å². The predicted molar refractivity (Wildman–Crippen MR) is 325 cm³/mol. The predicted octanol–water partition coefficient (Wildman–Crippen LogP) is 8.98. The van der Waals surface area contributed by atoms with Crippen molar-refractivity contribution in [2.45, 2.75) is 127 Å². The van der Waals surface area contributed by atoms with Crippen LogP contribution in [0.4, 0.5) is 13.2 Å². The Morgan fingerprint density at radius 3 is 1.45 bits per heavy atom. The number of carbonyl (C=O) groups is 7. The highest BCUT2D eigenvalue weighted by Crippen LogP contribution is 2.33. The van der Waals surface area contributed by atoms with E-state index in [1.54, 1.807) is 29.6 Å². The van der Waals surface area contributed by atoms with Gasteiger partial charge in [0.2, 0.25) is 10.0 Å². The molecule has 476 valence electrons. The van der Waals surface area contributed by atoms with Gasteiger partial charge in [0.1, 0.15) is 41.3 Å². The molecule has 88 heavy (non-hydrogen) atoms. The number of halogens is 3. The SMILES string of the molecule is CC(C)C[C@H](N[C@@H](CCNC(=O)c1ccc2ccccc2c1)C(=O)O)C(=O)O.CC(C)C[C@H](N[C@@H](CCNS(=O)(=O)c1ccc(-c2ccccc2)cc1)C(=O)O)C(=O)O.CC(C)C[C@H](N[C@@H](Cc1csc(-c2cccc(C(F)(F)F)c2)n1)C(=O)O)C(=O)O. The minimum absolute atomic E-state index is 0.0461. The Bertz CT molecular complexity index is 3400. The zero-order valence-corrected chi connectivity index (χ0v) is 50.9. The summed E-state index contributed by atoms with van der Waals surface area (Å²) in [6.07, 6.45) is -3.74. The molecule has 0 spiro atoms. The Hall–Kier alpha value is -8.14. The van der Waals surface area contributed by atoms with E-state index in [1.165, 1.54) is 24.3 Å². The molecule has 0 saturated heterocycles. The number of aliphatic carboxylic acids is 6. The van der Waals surface area contributed by atoms with Crippen LogP contribution in [0.5, 0.6) is 0 Å². The first-order valence-corrected chi connectivity index (χ1v) is 30.4. The number of fused-ring (bicyclic) bond motifs is 1. The van der Waals surface area contributed by atoms with E-state index < -0.39 is 93.8 Å². The fraction of sp³-hybridized carbons (Fsp3) is 0.387. The smallest absolute Gasteiger partial charge is 0.416 e. The van der Waals surface area contributed by atoms with Gasteiger partial charge in [-0.3, -0.25) is 49.5 Å². The Morgan fingerprint density at radius 2 is 0.966 bits per heavy atom. The number of aromatic nitrogens is 1. The summed E-state index contributed by atoms with van der Waals surface area (Å²) in [5.74, 6) is -7.06. The van der Waals surface area contributed by atoms with Gasteiger partial charge >= 0.3 is 42.0 Å². The minimum atomic E-state index is -4.48. The van der Waals surface area contributed by atoms with Crippen molar-refractivity contribution < 1.29 is 85.8 Å². The number of carboxylic acids is 6. The first-order chi connectivity index (χ1) is 41.3. The van der Waals surface area contributed by atoms with Crippen LogP contribution in [0.3, 0.4) is 0 Å². The van der Waals surface area contributed by atoms with Crippen LogP contribution in [0.15, 0.2) is 132 Å². The number of amides is 1. The van der Waals surface area contributed by atoms with Crippen LogP contribution < -0.4 is 26.0 Å². The Kier molecular flexibility index (Phi) is 28.3. The Morgan fingerprint density at radius 1 is 0.511 bits per heavy atom. The lowest BCUT2D eigenvalue weighted by atomic mass is 10.0. The fourth-order valence-electron chi connectivity index (χ4n) is 8.85. The molecule has 1 aromatic heterocycles. The summed E-state index contributed by atoms with van der Waals surface area (Å²) in [7, 11) is -3.83. The number of rotatable bonds is 31. The molecule has 1 heterocycles. The van der Waals surface area contributed by atoms with Crippen molar-refractivity contribution in [3.8, 4) is 21.7 Å². The third kappa shape index (κ3) is 24.2. The van der Waals surface area contributed by atoms with Crippen LogP contribution in [0.25, 0.3) is 32.5 Å². The van der Waals surface area contributed by atoms with Gasteiger partial charge in [-0.15, -0.1) is 11.3 Å². The molecule has 21 nitrogen and oxygen atoms in total. The largest absolute Gasteiger partial charge is 0.480 e. The summed E-state index contributed by atoms with van der Waals surface area (Å²) >= 11 is 1.10. The Labute approximate surface area is 511 Å². The van der Waals surface area contributed by atoms with E-state index in [0.717, 1.165) is 45.4 Å². The molecule has 5 aromatic carbocycles. The number of hydrogen-bond donors (Lipinski definition) is 11. The van der Waals surface area contributed by atoms with Gasteiger partial charge in [0.05, 0.1) is 16.2 Å². The molecule has 0 aliphatic carbocycles. The number of carboxylic acid groups (broad SMARTS) is 6. The number of alkyl halides is 3. The average molecular weight is 1270 g/mol. The van der Waals surface area contributed by atoms with Gasteiger partial charge in [-0.2, -0.15) is 13.2 Å². The van der Waals surface area contributed by atoms with Crippen molar-refractivity contribution >= 4 is 73.9 Å². The topological polar surface area (TPSA) is 348 Å². The van der Waals surface area contributed by atoms with Gasteiger partial charge in [0, 0.05) is 36.0 Å². The number of benzene rings is 5. The van der Waals surface area contributed by atoms with E-state index in [0.29, 0.717) is 22.7 Å². The Balaban J connectivity index is 0.000000283. The highest BCUT2D eigenvalue weighted by atomic mass is 32.2. The molecule has 0 fully saturated rings. The number of hydrogen-bond acceptors (Lipinski definition) is 14. The van der Waals surface area contributed by atoms with Crippen molar-refractivity contribution in [1.82, 2.24) is 31.0 Å². The lowest BCUT2D eigenvalue weighted by Crippen LogP contribution is -2.49. The standard InChI is InChI=1S/C22H28N2O6S.C21H26N2O5.C19H21F3N2O4S/c1-15(2)14-20(22(27)28)24-19(21(25)26)12-13-23-31(29,30)18-10-8-17(9-11-18)16-6-4-3-5-7-16;1-13(2)11-18(21(27)28)23-17(20(25)26)9-10-22-19(24)16-8-7-14-5-3-4-6-15(14)12-16;1-10(2)6-14(17(25)26)24-15(18(27)28)8-13-9-29-16(23-13)11-4-3-5-12(7-11)19(20,21)22/h3-11,15,19-20,23-24H,12-14H2,1-2H3,(H,25,26)(H,27,28);3-8,12-13,17-18,23H,9-11H2,1-2H3,(H,22,24)(H,25,26)(H,27,28);3-5,7,9-10,14-15,24H,6,8H2,1-2H3,(H,25,26)(H,27,28)/t19-,20-;17-,18-;14-,15-/m000/s1. The summed E-state index contributed by atoms with van der Waals surface area (Å²) in [5.41, 5.74) is 2.16. The van der Waals surface area contributed by atoms with Crippen molar-refractivity contribution in [3.63, 3.8) is 0 Å². The molecule has 0 saturated carbocycles. The lowest BCUT2D eigenvalue weighted by Gasteiger charge is -2.21. The number of sulfonamides is 1. The van der Waals surface area contributed by atoms with Gasteiger partial charge in [-0.1, -0.05) is 126 Å². The maximum Gasteiger partial charge on any atom is 0.416 e. The molecule has 6 rings (SSSR count). The van der Waals surface area contributed by atoms with E-state index in [-0.39, 0.29) is 79.3 Å². The van der Waals surface area contributed by atoms with E-state index in [1.807, 2.05) is 102 Å². The molecule has 0 bridgehead atoms. The second kappa shape index (κ2) is 34.4.